The van der Waals surface area contributed by atoms with Gasteiger partial charge in [0.25, 0.3) is 5.91 Å². The summed E-state index contributed by atoms with van der Waals surface area (Å²) < 4.78 is 33.7. The first-order valence-corrected chi connectivity index (χ1v) is 13.7. The van der Waals surface area contributed by atoms with Gasteiger partial charge in [-0.2, -0.15) is 9.41 Å². The molecule has 0 saturated carbocycles. The number of benzene rings is 3. The second-order valence-corrected chi connectivity index (χ2v) is 11.1. The highest BCUT2D eigenvalue weighted by molar-refractivity contribution is 9.10. The second-order valence-electron chi connectivity index (χ2n) is 8.27. The van der Waals surface area contributed by atoms with Crippen LogP contribution in [0.25, 0.3) is 0 Å². The smallest absolute Gasteiger partial charge is 0.254 e. The minimum atomic E-state index is -3.54. The van der Waals surface area contributed by atoms with E-state index in [0.717, 1.165) is 21.3 Å². The van der Waals surface area contributed by atoms with Crippen LogP contribution in [0.1, 0.15) is 11.1 Å². The molecule has 3 aromatic carbocycles. The summed E-state index contributed by atoms with van der Waals surface area (Å²) in [6, 6.07) is 24.0. The van der Waals surface area contributed by atoms with Gasteiger partial charge in [0.05, 0.1) is 17.7 Å². The lowest BCUT2D eigenvalue weighted by Gasteiger charge is -2.33. The number of carbonyl (C=O) groups excluding carboxylic acids is 1. The van der Waals surface area contributed by atoms with Crippen molar-refractivity contribution >= 4 is 38.1 Å². The van der Waals surface area contributed by atoms with Gasteiger partial charge >= 0.3 is 0 Å². The molecule has 1 aliphatic heterocycles. The van der Waals surface area contributed by atoms with Gasteiger partial charge in [0.2, 0.25) is 10.0 Å². The quantitative estimate of drug-likeness (QED) is 0.314. The summed E-state index contributed by atoms with van der Waals surface area (Å²) in [6.45, 7) is 2.24. The van der Waals surface area contributed by atoms with E-state index in [9.17, 15) is 13.2 Å². The maximum atomic E-state index is 12.8. The maximum absolute atomic E-state index is 12.8. The molecule has 4 rings (SSSR count). The summed E-state index contributed by atoms with van der Waals surface area (Å²) in [6.07, 6.45) is 1.57. The van der Waals surface area contributed by atoms with Crippen LogP contribution in [0.4, 0.5) is 0 Å². The third-order valence-corrected chi connectivity index (χ3v) is 8.12. The second kappa shape index (κ2) is 12.3. The number of ether oxygens (including phenoxy) is 1. The van der Waals surface area contributed by atoms with E-state index >= 15 is 0 Å². The van der Waals surface area contributed by atoms with Crippen LogP contribution < -0.4 is 10.2 Å². The summed E-state index contributed by atoms with van der Waals surface area (Å²) in [5, 5.41) is 4.03. The van der Waals surface area contributed by atoms with Gasteiger partial charge in [-0.1, -0.05) is 46.3 Å². The van der Waals surface area contributed by atoms with Crippen LogP contribution in [0.15, 0.2) is 93.3 Å². The zero-order chi connectivity index (χ0) is 25.4. The summed E-state index contributed by atoms with van der Waals surface area (Å²) in [4.78, 5) is 14.5. The fraction of sp³-hybridized carbons (Fsp3) is 0.231. The van der Waals surface area contributed by atoms with Gasteiger partial charge in [0.15, 0.2) is 0 Å². The van der Waals surface area contributed by atoms with Gasteiger partial charge < -0.3 is 4.74 Å². The standard InChI is InChI=1S/C26H27BrN4O4S/c27-23-8-12-25(13-9-23)36(33,34)31-16-14-30(15-17-31)19-26(32)29-28-18-21-6-10-24(11-7-21)35-20-22-4-2-1-3-5-22/h1-13,18H,14-17,19-20H2,(H,29,32)/b28-18+. The van der Waals surface area contributed by atoms with Crippen molar-refractivity contribution < 1.29 is 17.9 Å². The SMILES string of the molecule is O=C(CN1CCN(S(=O)(=O)c2ccc(Br)cc2)CC1)N/N=C/c1ccc(OCc2ccccc2)cc1. The first-order chi connectivity index (χ1) is 17.4. The molecule has 1 N–H and O–H groups in total. The van der Waals surface area contributed by atoms with Crippen molar-refractivity contribution in [3.05, 3.63) is 94.5 Å². The average molecular weight is 571 g/mol. The lowest BCUT2D eigenvalue weighted by atomic mass is 10.2. The Labute approximate surface area is 219 Å². The molecule has 1 fully saturated rings. The molecular formula is C26H27BrN4O4S. The Kier molecular flexibility index (Phi) is 8.87. The van der Waals surface area contributed by atoms with Crippen LogP contribution in [-0.4, -0.2) is 62.5 Å². The number of piperazine rings is 1. The number of hydrogen-bond donors (Lipinski definition) is 1. The first kappa shape index (κ1) is 26.0. The summed E-state index contributed by atoms with van der Waals surface area (Å²) in [7, 11) is -3.54. The zero-order valence-electron chi connectivity index (χ0n) is 19.6. The molecule has 0 atom stereocenters. The molecular weight excluding hydrogens is 544 g/mol. The van der Waals surface area contributed by atoms with Gasteiger partial charge in [-0.15, -0.1) is 0 Å². The number of nitrogens with one attached hydrogen (secondary N) is 1. The van der Waals surface area contributed by atoms with Crippen molar-refractivity contribution in [2.75, 3.05) is 32.7 Å². The number of sulfonamides is 1. The largest absolute Gasteiger partial charge is 0.489 e. The number of hydrogen-bond acceptors (Lipinski definition) is 6. The van der Waals surface area contributed by atoms with Crippen molar-refractivity contribution in [2.24, 2.45) is 5.10 Å². The minimum absolute atomic E-state index is 0.149. The molecule has 8 nitrogen and oxygen atoms in total. The Morgan fingerprint density at radius 3 is 2.28 bits per heavy atom. The summed E-state index contributed by atoms with van der Waals surface area (Å²) in [5.41, 5.74) is 4.46. The van der Waals surface area contributed by atoms with Crippen LogP contribution in [0.3, 0.4) is 0 Å². The number of carbonyl (C=O) groups is 1. The highest BCUT2D eigenvalue weighted by Gasteiger charge is 2.28. The highest BCUT2D eigenvalue weighted by Crippen LogP contribution is 2.20. The molecule has 0 spiro atoms. The normalized spacial score (nSPS) is 15.1. The van der Waals surface area contributed by atoms with E-state index in [1.54, 1.807) is 30.5 Å². The third kappa shape index (κ3) is 7.23. The molecule has 0 aliphatic carbocycles. The van der Waals surface area contributed by atoms with E-state index < -0.39 is 10.0 Å². The Morgan fingerprint density at radius 1 is 0.944 bits per heavy atom. The van der Waals surface area contributed by atoms with E-state index in [1.165, 1.54) is 4.31 Å². The van der Waals surface area contributed by atoms with Crippen molar-refractivity contribution in [1.29, 1.82) is 0 Å². The summed E-state index contributed by atoms with van der Waals surface area (Å²) >= 11 is 3.32. The van der Waals surface area contributed by atoms with E-state index in [0.29, 0.717) is 32.8 Å². The lowest BCUT2D eigenvalue weighted by molar-refractivity contribution is -0.122. The number of nitrogens with zero attached hydrogens (tertiary/aromatic N) is 3. The van der Waals surface area contributed by atoms with E-state index in [2.05, 4.69) is 26.5 Å². The summed E-state index contributed by atoms with van der Waals surface area (Å²) in [5.74, 6) is 0.500. The fourth-order valence-corrected chi connectivity index (χ4v) is 5.38. The van der Waals surface area contributed by atoms with E-state index in [-0.39, 0.29) is 17.3 Å². The Balaban J connectivity index is 1.19. The van der Waals surface area contributed by atoms with E-state index in [4.69, 9.17) is 4.74 Å². The molecule has 3 aromatic rings. The predicted molar refractivity (Wildman–Crippen MR) is 142 cm³/mol. The zero-order valence-corrected chi connectivity index (χ0v) is 22.0. The maximum Gasteiger partial charge on any atom is 0.254 e. The molecule has 0 bridgehead atoms. The Morgan fingerprint density at radius 2 is 1.61 bits per heavy atom. The minimum Gasteiger partial charge on any atom is -0.489 e. The Bertz CT molecular complexity index is 1280. The average Bonchev–Trinajstić information content (AvgIpc) is 2.89. The van der Waals surface area contributed by atoms with Gasteiger partial charge in [-0.05, 0) is 59.7 Å². The fourth-order valence-electron chi connectivity index (χ4n) is 3.69. The van der Waals surface area contributed by atoms with Crippen LogP contribution >= 0.6 is 15.9 Å². The molecule has 1 aliphatic rings. The van der Waals surface area contributed by atoms with Crippen LogP contribution in [0.2, 0.25) is 0 Å². The van der Waals surface area contributed by atoms with Crippen molar-refractivity contribution in [2.45, 2.75) is 11.5 Å². The van der Waals surface area contributed by atoms with Crippen molar-refractivity contribution in [1.82, 2.24) is 14.6 Å². The molecule has 0 aromatic heterocycles. The molecule has 0 radical (unpaired) electrons. The molecule has 10 heteroatoms. The molecule has 0 unspecified atom stereocenters. The van der Waals surface area contributed by atoms with Crippen LogP contribution in [0, 0.1) is 0 Å². The van der Waals surface area contributed by atoms with Crippen LogP contribution in [0.5, 0.6) is 5.75 Å². The Hall–Kier alpha value is -3.05. The van der Waals surface area contributed by atoms with Crippen molar-refractivity contribution in [3.8, 4) is 5.75 Å². The highest BCUT2D eigenvalue weighted by atomic mass is 79.9. The lowest BCUT2D eigenvalue weighted by Crippen LogP contribution is -2.50. The molecule has 1 saturated heterocycles. The molecule has 36 heavy (non-hydrogen) atoms. The predicted octanol–water partition coefficient (Wildman–Crippen LogP) is 3.48. The molecule has 1 heterocycles. The third-order valence-electron chi connectivity index (χ3n) is 5.68. The molecule has 188 valence electrons. The van der Waals surface area contributed by atoms with E-state index in [1.807, 2.05) is 59.5 Å². The van der Waals surface area contributed by atoms with Gasteiger partial charge in [0, 0.05) is 30.7 Å². The molecule has 1 amide bonds. The van der Waals surface area contributed by atoms with Crippen LogP contribution in [-0.2, 0) is 21.4 Å². The number of hydrazone groups is 1. The number of rotatable bonds is 9. The van der Waals surface area contributed by atoms with Crippen molar-refractivity contribution in [3.63, 3.8) is 0 Å². The first-order valence-electron chi connectivity index (χ1n) is 11.5. The topological polar surface area (TPSA) is 91.3 Å². The monoisotopic (exact) mass is 570 g/mol. The van der Waals surface area contributed by atoms with Gasteiger partial charge in [-0.3, -0.25) is 9.69 Å². The van der Waals surface area contributed by atoms with Gasteiger partial charge in [-0.25, -0.2) is 13.8 Å². The number of amides is 1. The number of halogens is 1. The van der Waals surface area contributed by atoms with Gasteiger partial charge in [0.1, 0.15) is 12.4 Å².